The van der Waals surface area contributed by atoms with E-state index in [1.807, 2.05) is 0 Å². The van der Waals surface area contributed by atoms with Crippen molar-refractivity contribution in [3.8, 4) is 5.75 Å². The number of carboxylic acid groups (broad SMARTS) is 1. The number of nitrogen functional groups attached to an aromatic ring is 1. The smallest absolute Gasteiger partial charge is 0.336 e. The molecule has 0 aliphatic rings. The van der Waals surface area contributed by atoms with Gasteiger partial charge in [0.05, 0.1) is 5.57 Å². The lowest BCUT2D eigenvalue weighted by atomic mass is 10.0. The van der Waals surface area contributed by atoms with E-state index < -0.39 is 5.97 Å². The van der Waals surface area contributed by atoms with Gasteiger partial charge in [-0.3, -0.25) is 0 Å². The summed E-state index contributed by atoms with van der Waals surface area (Å²) in [7, 11) is 0. The van der Waals surface area contributed by atoms with E-state index in [1.54, 1.807) is 36.4 Å². The van der Waals surface area contributed by atoms with Crippen molar-refractivity contribution in [2.45, 2.75) is 0 Å². The third kappa shape index (κ3) is 3.13. The van der Waals surface area contributed by atoms with Crippen LogP contribution in [-0.2, 0) is 4.79 Å². The van der Waals surface area contributed by atoms with Crippen LogP contribution in [0.1, 0.15) is 11.1 Å². The van der Waals surface area contributed by atoms with Gasteiger partial charge >= 0.3 is 5.97 Å². The van der Waals surface area contributed by atoms with E-state index in [-0.39, 0.29) is 11.3 Å². The summed E-state index contributed by atoms with van der Waals surface area (Å²) in [6, 6.07) is 13.0. The molecule has 0 spiro atoms. The van der Waals surface area contributed by atoms with Crippen molar-refractivity contribution in [3.63, 3.8) is 0 Å². The van der Waals surface area contributed by atoms with Crippen molar-refractivity contribution >= 4 is 23.3 Å². The van der Waals surface area contributed by atoms with E-state index in [9.17, 15) is 15.0 Å². The lowest BCUT2D eigenvalue weighted by Gasteiger charge is -2.04. The lowest BCUT2D eigenvalue weighted by molar-refractivity contribution is -0.130. The van der Waals surface area contributed by atoms with Crippen LogP contribution in [0.15, 0.2) is 48.5 Å². The number of carbonyl (C=O) groups is 1. The topological polar surface area (TPSA) is 83.5 Å². The number of anilines is 1. The number of nitrogens with two attached hydrogens (primary N) is 1. The molecule has 0 aliphatic carbocycles. The van der Waals surface area contributed by atoms with Crippen LogP contribution >= 0.6 is 0 Å². The van der Waals surface area contributed by atoms with Crippen molar-refractivity contribution in [1.29, 1.82) is 0 Å². The first kappa shape index (κ1) is 12.7. The average molecular weight is 255 g/mol. The van der Waals surface area contributed by atoms with E-state index in [4.69, 9.17) is 5.73 Å². The van der Waals surface area contributed by atoms with Gasteiger partial charge in [0.25, 0.3) is 0 Å². The molecule has 0 fully saturated rings. The van der Waals surface area contributed by atoms with Crippen LogP contribution < -0.4 is 5.73 Å². The molecule has 0 radical (unpaired) electrons. The summed E-state index contributed by atoms with van der Waals surface area (Å²) in [5, 5.41) is 18.6. The fraction of sp³-hybridized carbons (Fsp3) is 0. The number of carboxylic acids is 1. The van der Waals surface area contributed by atoms with Gasteiger partial charge in [0.2, 0.25) is 0 Å². The van der Waals surface area contributed by atoms with E-state index in [2.05, 4.69) is 0 Å². The van der Waals surface area contributed by atoms with Crippen molar-refractivity contribution in [2.24, 2.45) is 0 Å². The van der Waals surface area contributed by atoms with Crippen molar-refractivity contribution in [1.82, 2.24) is 0 Å². The van der Waals surface area contributed by atoms with Gasteiger partial charge in [-0.15, -0.1) is 0 Å². The van der Waals surface area contributed by atoms with Gasteiger partial charge in [0.1, 0.15) is 5.75 Å². The van der Waals surface area contributed by atoms with Gasteiger partial charge in [-0.2, -0.15) is 0 Å². The van der Waals surface area contributed by atoms with E-state index >= 15 is 0 Å². The second kappa shape index (κ2) is 5.27. The van der Waals surface area contributed by atoms with E-state index in [0.717, 1.165) is 0 Å². The predicted molar refractivity (Wildman–Crippen MR) is 74.5 cm³/mol. The van der Waals surface area contributed by atoms with E-state index in [0.29, 0.717) is 16.8 Å². The predicted octanol–water partition coefficient (Wildman–Crippen LogP) is 2.60. The minimum atomic E-state index is -1.03. The molecule has 0 saturated carbocycles. The highest BCUT2D eigenvalue weighted by atomic mass is 16.4. The summed E-state index contributed by atoms with van der Waals surface area (Å²) >= 11 is 0. The van der Waals surface area contributed by atoms with Crippen LogP contribution in [0.4, 0.5) is 5.69 Å². The molecule has 0 saturated heterocycles. The SMILES string of the molecule is Nc1ccc(/C(=C/c2cccc(O)c2)C(=O)O)cc1. The molecule has 96 valence electrons. The molecule has 2 aromatic carbocycles. The Labute approximate surface area is 110 Å². The molecule has 4 heteroatoms. The van der Waals surface area contributed by atoms with Crippen LogP contribution in [0.3, 0.4) is 0 Å². The minimum Gasteiger partial charge on any atom is -0.508 e. The molecule has 0 aromatic heterocycles. The van der Waals surface area contributed by atoms with Crippen LogP contribution in [-0.4, -0.2) is 16.2 Å². The number of hydrogen-bond donors (Lipinski definition) is 3. The Bertz CT molecular complexity index is 630. The highest BCUT2D eigenvalue weighted by molar-refractivity contribution is 6.20. The van der Waals surface area contributed by atoms with Crippen LogP contribution in [0, 0.1) is 0 Å². The maximum atomic E-state index is 11.3. The second-order valence-corrected chi connectivity index (χ2v) is 4.08. The third-order valence-corrected chi connectivity index (χ3v) is 2.63. The zero-order valence-electron chi connectivity index (χ0n) is 10.1. The molecular formula is C15H13NO3. The minimum absolute atomic E-state index is 0.0933. The Kier molecular flexibility index (Phi) is 3.52. The highest BCUT2D eigenvalue weighted by Gasteiger charge is 2.10. The molecule has 0 amide bonds. The molecule has 4 N–H and O–H groups in total. The first-order chi connectivity index (χ1) is 9.06. The third-order valence-electron chi connectivity index (χ3n) is 2.63. The number of benzene rings is 2. The summed E-state index contributed by atoms with van der Waals surface area (Å²) in [5.74, 6) is -0.941. The highest BCUT2D eigenvalue weighted by Crippen LogP contribution is 2.21. The average Bonchev–Trinajstić information content (AvgIpc) is 2.37. The Morgan fingerprint density at radius 2 is 1.79 bits per heavy atom. The van der Waals surface area contributed by atoms with Gasteiger partial charge < -0.3 is 15.9 Å². The molecule has 4 nitrogen and oxygen atoms in total. The summed E-state index contributed by atoms with van der Waals surface area (Å²) < 4.78 is 0. The number of aliphatic carboxylic acids is 1. The molecule has 0 atom stereocenters. The summed E-state index contributed by atoms with van der Waals surface area (Å²) in [6.45, 7) is 0. The molecule has 0 bridgehead atoms. The quantitative estimate of drug-likeness (QED) is 0.447. The monoisotopic (exact) mass is 255 g/mol. The molecule has 0 aliphatic heterocycles. The van der Waals surface area contributed by atoms with Crippen LogP contribution in [0.5, 0.6) is 5.75 Å². The zero-order chi connectivity index (χ0) is 13.8. The number of aromatic hydroxyl groups is 1. The normalized spacial score (nSPS) is 11.3. The number of rotatable bonds is 3. The Morgan fingerprint density at radius 1 is 1.11 bits per heavy atom. The van der Waals surface area contributed by atoms with Gasteiger partial charge in [-0.25, -0.2) is 4.79 Å². The van der Waals surface area contributed by atoms with Gasteiger partial charge in [0.15, 0.2) is 0 Å². The van der Waals surface area contributed by atoms with Gasteiger partial charge in [0, 0.05) is 5.69 Å². The number of hydrogen-bond acceptors (Lipinski definition) is 3. The standard InChI is InChI=1S/C15H13NO3/c16-12-6-4-11(5-7-12)14(15(18)19)9-10-2-1-3-13(17)8-10/h1-9,17H,16H2,(H,18,19)/b14-9-. The van der Waals surface area contributed by atoms with Crippen LogP contribution in [0.2, 0.25) is 0 Å². The van der Waals surface area contributed by atoms with Crippen molar-refractivity contribution < 1.29 is 15.0 Å². The fourth-order valence-corrected chi connectivity index (χ4v) is 1.71. The molecule has 0 unspecified atom stereocenters. The first-order valence-corrected chi connectivity index (χ1v) is 5.66. The molecular weight excluding hydrogens is 242 g/mol. The summed E-state index contributed by atoms with van der Waals surface area (Å²) in [5.41, 5.74) is 7.47. The van der Waals surface area contributed by atoms with Gasteiger partial charge in [-0.05, 0) is 41.5 Å². The van der Waals surface area contributed by atoms with E-state index in [1.165, 1.54) is 18.2 Å². The molecule has 2 rings (SSSR count). The fourth-order valence-electron chi connectivity index (χ4n) is 1.71. The molecule has 0 heterocycles. The summed E-state index contributed by atoms with van der Waals surface area (Å²) in [4.78, 5) is 11.3. The molecule has 2 aromatic rings. The Balaban J connectivity index is 2.46. The Hall–Kier alpha value is -2.75. The lowest BCUT2D eigenvalue weighted by Crippen LogP contribution is -1.99. The summed E-state index contributed by atoms with van der Waals surface area (Å²) in [6.07, 6.45) is 1.51. The zero-order valence-corrected chi connectivity index (χ0v) is 10.1. The second-order valence-electron chi connectivity index (χ2n) is 4.08. The first-order valence-electron chi connectivity index (χ1n) is 5.66. The largest absolute Gasteiger partial charge is 0.508 e. The van der Waals surface area contributed by atoms with Crippen molar-refractivity contribution in [3.05, 3.63) is 59.7 Å². The van der Waals surface area contributed by atoms with Gasteiger partial charge in [-0.1, -0.05) is 24.3 Å². The van der Waals surface area contributed by atoms with Crippen molar-refractivity contribution in [2.75, 3.05) is 5.73 Å². The maximum Gasteiger partial charge on any atom is 0.336 e. The number of phenolic OH excluding ortho intramolecular Hbond substituents is 1. The Morgan fingerprint density at radius 3 is 2.37 bits per heavy atom. The molecule has 19 heavy (non-hydrogen) atoms. The maximum absolute atomic E-state index is 11.3. The van der Waals surface area contributed by atoms with Crippen LogP contribution in [0.25, 0.3) is 11.6 Å². The number of phenols is 1.